The van der Waals surface area contributed by atoms with Gasteiger partial charge in [-0.2, -0.15) is 5.10 Å². The molecule has 0 spiro atoms. The molecule has 1 rings (SSSR count). The summed E-state index contributed by atoms with van der Waals surface area (Å²) in [5.74, 6) is -0.103. The van der Waals surface area contributed by atoms with Crippen molar-refractivity contribution in [1.82, 2.24) is 14.7 Å². The van der Waals surface area contributed by atoms with E-state index in [1.165, 1.54) is 0 Å². The van der Waals surface area contributed by atoms with E-state index in [1.807, 2.05) is 0 Å². The molecule has 0 radical (unpaired) electrons. The number of carbonyl (C=O) groups excluding carboxylic acids is 1. The molecule has 90 valence electrons. The number of hydrogen-bond acceptors (Lipinski definition) is 3. The summed E-state index contributed by atoms with van der Waals surface area (Å²) in [6.45, 7) is 2.89. The molecule has 0 bridgehead atoms. The number of nitrogens with two attached hydrogens (primary N) is 1. The Labute approximate surface area is 96.2 Å². The lowest BCUT2D eigenvalue weighted by molar-refractivity contribution is 0.0787. The van der Waals surface area contributed by atoms with Crippen LogP contribution in [0.4, 0.5) is 5.69 Å². The fraction of sp³-hybridized carbons (Fsp3) is 0.636. The Kier molecular flexibility index (Phi) is 4.34. The summed E-state index contributed by atoms with van der Waals surface area (Å²) in [6, 6.07) is 0. The van der Waals surface area contributed by atoms with E-state index in [4.69, 9.17) is 5.73 Å². The minimum Gasteiger partial charge on any atom is -0.396 e. The maximum Gasteiger partial charge on any atom is 0.276 e. The predicted molar refractivity (Wildman–Crippen MR) is 64.1 cm³/mol. The van der Waals surface area contributed by atoms with Gasteiger partial charge >= 0.3 is 0 Å². The third kappa shape index (κ3) is 2.98. The molecular formula is C11H20N4O. The second-order valence-corrected chi connectivity index (χ2v) is 4.04. The maximum atomic E-state index is 11.9. The first kappa shape index (κ1) is 12.5. The minimum absolute atomic E-state index is 0.103. The van der Waals surface area contributed by atoms with Gasteiger partial charge < -0.3 is 10.6 Å². The molecule has 1 aromatic rings. The van der Waals surface area contributed by atoms with Gasteiger partial charge in [0.1, 0.15) is 0 Å². The fourth-order valence-electron chi connectivity index (χ4n) is 1.55. The van der Waals surface area contributed by atoms with Gasteiger partial charge in [-0.3, -0.25) is 9.48 Å². The Hall–Kier alpha value is -1.52. The van der Waals surface area contributed by atoms with Crippen molar-refractivity contribution >= 4 is 11.6 Å². The van der Waals surface area contributed by atoms with Gasteiger partial charge in [-0.1, -0.05) is 19.8 Å². The molecule has 0 fully saturated rings. The molecule has 0 saturated heterocycles. The topological polar surface area (TPSA) is 64.2 Å². The van der Waals surface area contributed by atoms with Crippen LogP contribution in [0.15, 0.2) is 6.20 Å². The van der Waals surface area contributed by atoms with Gasteiger partial charge in [-0.25, -0.2) is 0 Å². The molecule has 0 atom stereocenters. The monoisotopic (exact) mass is 224 g/mol. The van der Waals surface area contributed by atoms with Gasteiger partial charge in [-0.15, -0.1) is 0 Å². The van der Waals surface area contributed by atoms with Crippen molar-refractivity contribution in [2.75, 3.05) is 19.3 Å². The van der Waals surface area contributed by atoms with Crippen LogP contribution in [0.1, 0.15) is 36.7 Å². The largest absolute Gasteiger partial charge is 0.396 e. The number of carbonyl (C=O) groups is 1. The lowest BCUT2D eigenvalue weighted by Crippen LogP contribution is -2.28. The van der Waals surface area contributed by atoms with Crippen LogP contribution in [0, 0.1) is 0 Å². The summed E-state index contributed by atoms with van der Waals surface area (Å²) < 4.78 is 1.56. The summed E-state index contributed by atoms with van der Waals surface area (Å²) >= 11 is 0. The number of nitrogen functional groups attached to an aromatic ring is 1. The van der Waals surface area contributed by atoms with E-state index in [-0.39, 0.29) is 5.91 Å². The summed E-state index contributed by atoms with van der Waals surface area (Å²) in [4.78, 5) is 13.6. The molecule has 1 aromatic heterocycles. The van der Waals surface area contributed by atoms with Gasteiger partial charge in [0.2, 0.25) is 0 Å². The first-order valence-electron chi connectivity index (χ1n) is 5.60. The third-order valence-corrected chi connectivity index (χ3v) is 2.50. The second-order valence-electron chi connectivity index (χ2n) is 4.04. The average molecular weight is 224 g/mol. The Bertz CT molecular complexity index is 359. The zero-order valence-corrected chi connectivity index (χ0v) is 10.2. The highest BCUT2D eigenvalue weighted by Crippen LogP contribution is 2.11. The van der Waals surface area contributed by atoms with Crippen LogP contribution in [0.25, 0.3) is 0 Å². The molecule has 5 heteroatoms. The van der Waals surface area contributed by atoms with E-state index in [2.05, 4.69) is 12.0 Å². The molecule has 2 N–H and O–H groups in total. The van der Waals surface area contributed by atoms with Gasteiger partial charge in [0.25, 0.3) is 5.91 Å². The van der Waals surface area contributed by atoms with Gasteiger partial charge in [0, 0.05) is 26.8 Å². The average Bonchev–Trinajstić information content (AvgIpc) is 2.57. The highest BCUT2D eigenvalue weighted by Gasteiger charge is 2.17. The van der Waals surface area contributed by atoms with Crippen molar-refractivity contribution in [3.8, 4) is 0 Å². The zero-order chi connectivity index (χ0) is 12.1. The van der Waals surface area contributed by atoms with Crippen LogP contribution in [0.2, 0.25) is 0 Å². The summed E-state index contributed by atoms with van der Waals surface area (Å²) in [6.07, 6.45) is 4.95. The van der Waals surface area contributed by atoms with E-state index in [9.17, 15) is 4.79 Å². The molecule has 1 heterocycles. The molecule has 0 aliphatic carbocycles. The van der Waals surface area contributed by atoms with Crippen LogP contribution in [-0.2, 0) is 7.05 Å². The number of unbranched alkanes of at least 4 members (excludes halogenated alkanes) is 2. The van der Waals surface area contributed by atoms with E-state index in [0.29, 0.717) is 11.4 Å². The zero-order valence-electron chi connectivity index (χ0n) is 10.2. The second kappa shape index (κ2) is 5.53. The summed E-state index contributed by atoms with van der Waals surface area (Å²) in [5.41, 5.74) is 6.49. The molecule has 5 nitrogen and oxygen atoms in total. The van der Waals surface area contributed by atoms with Crippen molar-refractivity contribution < 1.29 is 4.79 Å². The van der Waals surface area contributed by atoms with Gasteiger partial charge in [0.15, 0.2) is 5.69 Å². The highest BCUT2D eigenvalue weighted by molar-refractivity contribution is 5.96. The Morgan fingerprint density at radius 3 is 2.75 bits per heavy atom. The summed E-state index contributed by atoms with van der Waals surface area (Å²) in [7, 11) is 3.54. The van der Waals surface area contributed by atoms with E-state index in [0.717, 1.165) is 25.8 Å². The predicted octanol–water partition coefficient (Wildman–Crippen LogP) is 1.26. The Morgan fingerprint density at radius 2 is 2.25 bits per heavy atom. The third-order valence-electron chi connectivity index (χ3n) is 2.50. The number of anilines is 1. The number of aromatic nitrogens is 2. The SMILES string of the molecule is CCCCCN(C)C(=O)c1nn(C)cc1N. The molecule has 16 heavy (non-hydrogen) atoms. The maximum absolute atomic E-state index is 11.9. The first-order valence-corrected chi connectivity index (χ1v) is 5.60. The molecule has 0 unspecified atom stereocenters. The van der Waals surface area contributed by atoms with Gasteiger partial charge in [0.05, 0.1) is 5.69 Å². The quantitative estimate of drug-likeness (QED) is 0.766. The Morgan fingerprint density at radius 1 is 1.56 bits per heavy atom. The number of nitrogens with zero attached hydrogens (tertiary/aromatic N) is 3. The van der Waals surface area contributed by atoms with Crippen molar-refractivity contribution in [3.63, 3.8) is 0 Å². The lowest BCUT2D eigenvalue weighted by atomic mass is 10.2. The van der Waals surface area contributed by atoms with Gasteiger partial charge in [-0.05, 0) is 6.42 Å². The molecule has 0 saturated carbocycles. The van der Waals surface area contributed by atoms with E-state index < -0.39 is 0 Å². The number of amides is 1. The van der Waals surface area contributed by atoms with Crippen LogP contribution >= 0.6 is 0 Å². The molecule has 0 aliphatic rings. The van der Waals surface area contributed by atoms with E-state index in [1.54, 1.807) is 29.9 Å². The van der Waals surface area contributed by atoms with Crippen molar-refractivity contribution in [2.45, 2.75) is 26.2 Å². The first-order chi connectivity index (χ1) is 7.56. The van der Waals surface area contributed by atoms with Crippen molar-refractivity contribution in [1.29, 1.82) is 0 Å². The number of rotatable bonds is 5. The van der Waals surface area contributed by atoms with E-state index >= 15 is 0 Å². The molecule has 1 amide bonds. The molecule has 0 aliphatic heterocycles. The highest BCUT2D eigenvalue weighted by atomic mass is 16.2. The standard InChI is InChI=1S/C11H20N4O/c1-4-5-6-7-14(2)11(16)10-9(12)8-15(3)13-10/h8H,4-7,12H2,1-3H3. The van der Waals surface area contributed by atoms with Crippen LogP contribution in [-0.4, -0.2) is 34.2 Å². The minimum atomic E-state index is -0.103. The van der Waals surface area contributed by atoms with Crippen LogP contribution in [0.3, 0.4) is 0 Å². The van der Waals surface area contributed by atoms with Crippen LogP contribution < -0.4 is 5.73 Å². The number of aryl methyl sites for hydroxylation is 1. The fourth-order valence-corrected chi connectivity index (χ4v) is 1.55. The molecule has 0 aromatic carbocycles. The number of hydrogen-bond donors (Lipinski definition) is 1. The normalized spacial score (nSPS) is 10.4. The summed E-state index contributed by atoms with van der Waals surface area (Å²) in [5, 5.41) is 4.06. The molecular weight excluding hydrogens is 204 g/mol. The lowest BCUT2D eigenvalue weighted by Gasteiger charge is -2.15. The smallest absolute Gasteiger partial charge is 0.276 e. The van der Waals surface area contributed by atoms with Crippen LogP contribution in [0.5, 0.6) is 0 Å². The van der Waals surface area contributed by atoms with Crippen molar-refractivity contribution in [3.05, 3.63) is 11.9 Å². The Balaban J connectivity index is 2.60. The van der Waals surface area contributed by atoms with Crippen molar-refractivity contribution in [2.24, 2.45) is 7.05 Å².